The van der Waals surface area contributed by atoms with Crippen molar-refractivity contribution in [1.29, 1.82) is 0 Å². The number of halogens is 1. The minimum atomic E-state index is -3.65. The van der Waals surface area contributed by atoms with Crippen molar-refractivity contribution in [3.8, 4) is 0 Å². The summed E-state index contributed by atoms with van der Waals surface area (Å²) in [5.74, 6) is 0. The van der Waals surface area contributed by atoms with Gasteiger partial charge in [0.15, 0.2) is 0 Å². The van der Waals surface area contributed by atoms with Crippen LogP contribution >= 0.6 is 15.9 Å². The van der Waals surface area contributed by atoms with Crippen molar-refractivity contribution in [3.05, 3.63) is 88.4 Å². The lowest BCUT2D eigenvalue weighted by molar-refractivity contribution is 0.367. The SMILES string of the molecule is Cc1ccc(S(=O)(=O)N2CC[C@@]3(Nc4ccccc4Br)c4ccccc4N[C@@H]23)cc1. The molecule has 2 heterocycles. The number of hydrogen-bond donors (Lipinski definition) is 2. The fourth-order valence-corrected chi connectivity index (χ4v) is 6.50. The van der Waals surface area contributed by atoms with Crippen LogP contribution in [0.5, 0.6) is 0 Å². The normalized spacial score (nSPS) is 22.9. The van der Waals surface area contributed by atoms with Crippen LogP contribution in [0.3, 0.4) is 0 Å². The monoisotopic (exact) mass is 483 g/mol. The Balaban J connectivity index is 1.60. The summed E-state index contributed by atoms with van der Waals surface area (Å²) in [7, 11) is -3.65. The van der Waals surface area contributed by atoms with Crippen LogP contribution in [0.1, 0.15) is 17.5 Å². The molecule has 1 saturated heterocycles. The second-order valence-electron chi connectivity index (χ2n) is 7.85. The molecule has 3 aromatic carbocycles. The number of hydrogen-bond acceptors (Lipinski definition) is 4. The highest BCUT2D eigenvalue weighted by Crippen LogP contribution is 2.50. The summed E-state index contributed by atoms with van der Waals surface area (Å²) in [5.41, 5.74) is 3.47. The van der Waals surface area contributed by atoms with Crippen LogP contribution in [0.15, 0.2) is 82.2 Å². The molecule has 154 valence electrons. The van der Waals surface area contributed by atoms with Gasteiger partial charge in [0, 0.05) is 28.0 Å². The maximum Gasteiger partial charge on any atom is 0.244 e. The van der Waals surface area contributed by atoms with Gasteiger partial charge >= 0.3 is 0 Å². The Kier molecular flexibility index (Phi) is 4.65. The van der Waals surface area contributed by atoms with Crippen molar-refractivity contribution in [1.82, 2.24) is 4.31 Å². The van der Waals surface area contributed by atoms with E-state index >= 15 is 0 Å². The van der Waals surface area contributed by atoms with Gasteiger partial charge in [0.1, 0.15) is 11.7 Å². The van der Waals surface area contributed by atoms with E-state index in [0.29, 0.717) is 17.9 Å². The van der Waals surface area contributed by atoms with Crippen LogP contribution in [0.2, 0.25) is 0 Å². The van der Waals surface area contributed by atoms with E-state index in [9.17, 15) is 8.42 Å². The number of fused-ring (bicyclic) bond motifs is 3. The Morgan fingerprint density at radius 3 is 2.50 bits per heavy atom. The highest BCUT2D eigenvalue weighted by atomic mass is 79.9. The first-order valence-electron chi connectivity index (χ1n) is 9.89. The number of benzene rings is 3. The van der Waals surface area contributed by atoms with Crippen molar-refractivity contribution < 1.29 is 8.42 Å². The summed E-state index contributed by atoms with van der Waals surface area (Å²) >= 11 is 3.62. The molecule has 30 heavy (non-hydrogen) atoms. The molecule has 7 heteroatoms. The number of nitrogens with zero attached hydrogens (tertiary/aromatic N) is 1. The van der Waals surface area contributed by atoms with Gasteiger partial charge in [-0.2, -0.15) is 4.31 Å². The van der Waals surface area contributed by atoms with E-state index in [1.54, 1.807) is 16.4 Å². The summed E-state index contributed by atoms with van der Waals surface area (Å²) in [4.78, 5) is 0.322. The summed E-state index contributed by atoms with van der Waals surface area (Å²) in [6, 6.07) is 23.0. The Labute approximate surface area is 185 Å². The maximum atomic E-state index is 13.5. The van der Waals surface area contributed by atoms with E-state index in [2.05, 4.69) is 32.6 Å². The quantitative estimate of drug-likeness (QED) is 0.553. The van der Waals surface area contributed by atoms with Gasteiger partial charge in [-0.15, -0.1) is 0 Å². The predicted molar refractivity (Wildman–Crippen MR) is 123 cm³/mol. The molecule has 0 saturated carbocycles. The third-order valence-corrected chi connectivity index (χ3v) is 8.61. The summed E-state index contributed by atoms with van der Waals surface area (Å²) in [6.45, 7) is 2.38. The summed E-state index contributed by atoms with van der Waals surface area (Å²) in [6.07, 6.45) is 0.238. The number of nitrogens with one attached hydrogen (secondary N) is 2. The molecule has 0 bridgehead atoms. The smallest absolute Gasteiger partial charge is 0.244 e. The summed E-state index contributed by atoms with van der Waals surface area (Å²) < 4.78 is 29.6. The topological polar surface area (TPSA) is 61.4 Å². The van der Waals surface area contributed by atoms with Gasteiger partial charge in [0.25, 0.3) is 0 Å². The lowest BCUT2D eigenvalue weighted by atomic mass is 9.88. The third kappa shape index (κ3) is 2.95. The molecular formula is C23H22BrN3O2S. The van der Waals surface area contributed by atoms with Gasteiger partial charge in [-0.1, -0.05) is 48.0 Å². The number of anilines is 2. The molecule has 0 amide bonds. The van der Waals surface area contributed by atoms with Crippen molar-refractivity contribution in [2.24, 2.45) is 0 Å². The molecule has 2 atom stereocenters. The molecule has 5 rings (SSSR count). The first-order chi connectivity index (χ1) is 14.4. The zero-order valence-corrected chi connectivity index (χ0v) is 18.9. The molecule has 2 aliphatic rings. The van der Waals surface area contributed by atoms with E-state index in [1.807, 2.05) is 61.5 Å². The van der Waals surface area contributed by atoms with Crippen molar-refractivity contribution in [2.75, 3.05) is 17.2 Å². The molecule has 0 spiro atoms. The minimum Gasteiger partial charge on any atom is -0.371 e. The highest BCUT2D eigenvalue weighted by molar-refractivity contribution is 9.10. The average Bonchev–Trinajstić information content (AvgIpc) is 3.24. The summed E-state index contributed by atoms with van der Waals surface area (Å²) in [5, 5.41) is 7.17. The minimum absolute atomic E-state index is 0.322. The molecule has 0 aliphatic carbocycles. The van der Waals surface area contributed by atoms with Crippen LogP contribution in [-0.2, 0) is 15.6 Å². The highest BCUT2D eigenvalue weighted by Gasteiger charge is 2.57. The standard InChI is InChI=1S/C23H22BrN3O2S/c1-16-10-12-17(13-11-16)30(28,29)27-15-14-23(26-21-9-5-3-7-19(21)24)18-6-2-4-8-20(18)25-22(23)27/h2-13,22,25-26H,14-15H2,1H3/t22-,23+/m0/s1. The number of para-hydroxylation sites is 2. The first kappa shape index (κ1) is 19.6. The second kappa shape index (κ2) is 7.11. The number of aryl methyl sites for hydroxylation is 1. The van der Waals surface area contributed by atoms with E-state index in [0.717, 1.165) is 27.0 Å². The molecule has 5 nitrogen and oxygen atoms in total. The van der Waals surface area contributed by atoms with Crippen molar-refractivity contribution >= 4 is 37.3 Å². The maximum absolute atomic E-state index is 13.5. The van der Waals surface area contributed by atoms with E-state index in [4.69, 9.17) is 0 Å². The Morgan fingerprint density at radius 1 is 1.03 bits per heavy atom. The van der Waals surface area contributed by atoms with Crippen LogP contribution in [0, 0.1) is 6.92 Å². The van der Waals surface area contributed by atoms with Gasteiger partial charge in [-0.05, 0) is 59.6 Å². The Morgan fingerprint density at radius 2 is 1.73 bits per heavy atom. The zero-order chi connectivity index (χ0) is 20.9. The molecule has 3 aromatic rings. The lowest BCUT2D eigenvalue weighted by Gasteiger charge is -2.34. The molecule has 1 fully saturated rings. The zero-order valence-electron chi connectivity index (χ0n) is 16.5. The fourth-order valence-electron chi connectivity index (χ4n) is 4.53. The van der Waals surface area contributed by atoms with E-state index in [1.165, 1.54) is 0 Å². The third-order valence-electron chi connectivity index (χ3n) is 6.04. The molecule has 0 radical (unpaired) electrons. The van der Waals surface area contributed by atoms with Crippen LogP contribution in [0.4, 0.5) is 11.4 Å². The molecule has 2 N–H and O–H groups in total. The van der Waals surface area contributed by atoms with Crippen LogP contribution in [-0.4, -0.2) is 25.4 Å². The van der Waals surface area contributed by atoms with Crippen molar-refractivity contribution in [2.45, 2.75) is 29.9 Å². The Hall–Kier alpha value is -2.35. The van der Waals surface area contributed by atoms with Gasteiger partial charge in [-0.3, -0.25) is 0 Å². The molecule has 0 unspecified atom stereocenters. The van der Waals surface area contributed by atoms with E-state index in [-0.39, 0.29) is 0 Å². The predicted octanol–water partition coefficient (Wildman–Crippen LogP) is 4.91. The fraction of sp³-hybridized carbons (Fsp3) is 0.217. The van der Waals surface area contributed by atoms with Gasteiger partial charge in [-0.25, -0.2) is 8.42 Å². The Bertz CT molecular complexity index is 1210. The van der Waals surface area contributed by atoms with Gasteiger partial charge in [0.05, 0.1) is 4.90 Å². The first-order valence-corrected chi connectivity index (χ1v) is 12.1. The van der Waals surface area contributed by atoms with Crippen LogP contribution < -0.4 is 10.6 Å². The molecular weight excluding hydrogens is 462 g/mol. The average molecular weight is 484 g/mol. The lowest BCUT2D eigenvalue weighted by Crippen LogP contribution is -2.49. The van der Waals surface area contributed by atoms with Gasteiger partial charge in [0.2, 0.25) is 10.0 Å². The second-order valence-corrected chi connectivity index (χ2v) is 10.6. The van der Waals surface area contributed by atoms with Crippen LogP contribution in [0.25, 0.3) is 0 Å². The van der Waals surface area contributed by atoms with Gasteiger partial charge < -0.3 is 10.6 Å². The largest absolute Gasteiger partial charge is 0.371 e. The molecule has 2 aliphatic heterocycles. The van der Waals surface area contributed by atoms with E-state index < -0.39 is 21.7 Å². The number of sulfonamides is 1. The molecule has 0 aromatic heterocycles. The van der Waals surface area contributed by atoms with Crippen molar-refractivity contribution in [3.63, 3.8) is 0 Å². The number of rotatable bonds is 4.